The third kappa shape index (κ3) is 6.18. The summed E-state index contributed by atoms with van der Waals surface area (Å²) in [6.45, 7) is 6.29. The van der Waals surface area contributed by atoms with Gasteiger partial charge in [0, 0.05) is 10.4 Å². The Balaban J connectivity index is 2.01. The van der Waals surface area contributed by atoms with Gasteiger partial charge in [0.2, 0.25) is 0 Å². The molecule has 1 heterocycles. The molecule has 1 aromatic carbocycles. The number of carboxylic acids is 2. The van der Waals surface area contributed by atoms with Gasteiger partial charge in [-0.15, -0.1) is 11.3 Å². The van der Waals surface area contributed by atoms with Gasteiger partial charge in [-0.2, -0.15) is 0 Å². The molecule has 0 radical (unpaired) electrons. The summed E-state index contributed by atoms with van der Waals surface area (Å²) in [5.41, 5.74) is 0.909. The molecule has 162 valence electrons. The highest BCUT2D eigenvalue weighted by molar-refractivity contribution is 7.11. The minimum absolute atomic E-state index is 0.251. The molecule has 2 aromatic rings. The third-order valence-electron chi connectivity index (χ3n) is 5.28. The second-order valence-corrected chi connectivity index (χ2v) is 8.19. The van der Waals surface area contributed by atoms with Crippen molar-refractivity contribution >= 4 is 28.8 Å². The van der Waals surface area contributed by atoms with Crippen LogP contribution in [0.2, 0.25) is 0 Å². The predicted octanol–water partition coefficient (Wildman–Crippen LogP) is 5.46. The SMILES string of the molecule is CCC(O)(CC)CCC=C(C)c1cc(COc2ccc(C(=O)O)c(C(=O)O)c2)cs1. The standard InChI is InChI=1S/C23H28O6S/c1-4-23(28,5-2)10-6-7-15(3)20-11-16(14-30-20)13-29-17-8-9-18(21(24)25)19(12-17)22(26)27/h7-9,11-12,14,28H,4-6,10,13H2,1-3H3,(H,24,25)(H,26,27). The van der Waals surface area contributed by atoms with Gasteiger partial charge in [-0.3, -0.25) is 0 Å². The molecule has 30 heavy (non-hydrogen) atoms. The molecule has 0 atom stereocenters. The van der Waals surface area contributed by atoms with Crippen molar-refractivity contribution in [2.45, 2.75) is 58.7 Å². The van der Waals surface area contributed by atoms with Gasteiger partial charge < -0.3 is 20.1 Å². The lowest BCUT2D eigenvalue weighted by atomic mass is 9.91. The monoisotopic (exact) mass is 432 g/mol. The lowest BCUT2D eigenvalue weighted by Crippen LogP contribution is -2.25. The number of hydrogen-bond acceptors (Lipinski definition) is 5. The average Bonchev–Trinajstić information content (AvgIpc) is 3.20. The lowest BCUT2D eigenvalue weighted by molar-refractivity contribution is 0.0246. The maximum atomic E-state index is 11.3. The molecular formula is C23H28O6S. The van der Waals surface area contributed by atoms with E-state index in [1.807, 2.05) is 32.2 Å². The topological polar surface area (TPSA) is 104 Å². The number of carboxylic acid groups (broad SMARTS) is 2. The summed E-state index contributed by atoms with van der Waals surface area (Å²) in [4.78, 5) is 23.5. The van der Waals surface area contributed by atoms with E-state index in [1.165, 1.54) is 18.2 Å². The Kier molecular flexibility index (Phi) is 8.20. The van der Waals surface area contributed by atoms with Crippen molar-refractivity contribution in [2.75, 3.05) is 0 Å². The molecule has 0 bridgehead atoms. The first-order valence-corrected chi connectivity index (χ1v) is 10.8. The van der Waals surface area contributed by atoms with E-state index in [1.54, 1.807) is 11.3 Å². The van der Waals surface area contributed by atoms with Crippen LogP contribution < -0.4 is 4.74 Å². The van der Waals surface area contributed by atoms with E-state index in [2.05, 4.69) is 6.08 Å². The van der Waals surface area contributed by atoms with Crippen molar-refractivity contribution in [1.82, 2.24) is 0 Å². The Bertz CT molecular complexity index is 924. The van der Waals surface area contributed by atoms with Crippen LogP contribution in [0.15, 0.2) is 35.7 Å². The molecule has 0 aliphatic heterocycles. The van der Waals surface area contributed by atoms with E-state index in [-0.39, 0.29) is 17.7 Å². The number of benzene rings is 1. The molecule has 0 aliphatic carbocycles. The number of allylic oxidation sites excluding steroid dienone is 2. The van der Waals surface area contributed by atoms with Crippen molar-refractivity contribution in [3.8, 4) is 5.75 Å². The van der Waals surface area contributed by atoms with Crippen LogP contribution in [0.1, 0.15) is 77.6 Å². The molecule has 0 unspecified atom stereocenters. The minimum atomic E-state index is -1.31. The van der Waals surface area contributed by atoms with E-state index in [9.17, 15) is 19.8 Å². The predicted molar refractivity (Wildman–Crippen MR) is 117 cm³/mol. The summed E-state index contributed by atoms with van der Waals surface area (Å²) in [5, 5.41) is 30.6. The summed E-state index contributed by atoms with van der Waals surface area (Å²) in [6.07, 6.45) is 5.16. The lowest BCUT2D eigenvalue weighted by Gasteiger charge is -2.24. The first-order chi connectivity index (χ1) is 14.2. The normalized spacial score (nSPS) is 12.1. The summed E-state index contributed by atoms with van der Waals surface area (Å²) >= 11 is 1.59. The van der Waals surface area contributed by atoms with Gasteiger partial charge in [-0.1, -0.05) is 19.9 Å². The van der Waals surface area contributed by atoms with Crippen molar-refractivity contribution in [3.63, 3.8) is 0 Å². The van der Waals surface area contributed by atoms with Gasteiger partial charge in [-0.05, 0) is 67.8 Å². The number of carbonyl (C=O) groups is 2. The number of aromatic carboxylic acids is 2. The largest absolute Gasteiger partial charge is 0.489 e. The van der Waals surface area contributed by atoms with Crippen LogP contribution in [-0.2, 0) is 6.61 Å². The van der Waals surface area contributed by atoms with Gasteiger partial charge in [0.05, 0.1) is 16.7 Å². The number of ether oxygens (including phenoxy) is 1. The fraction of sp³-hybridized carbons (Fsp3) is 0.391. The third-order valence-corrected chi connectivity index (χ3v) is 6.39. The number of rotatable bonds is 11. The Morgan fingerprint density at radius 3 is 2.37 bits per heavy atom. The highest BCUT2D eigenvalue weighted by Crippen LogP contribution is 2.27. The van der Waals surface area contributed by atoms with Gasteiger partial charge >= 0.3 is 11.9 Å². The molecule has 7 heteroatoms. The summed E-state index contributed by atoms with van der Waals surface area (Å²) in [6, 6.07) is 5.94. The summed E-state index contributed by atoms with van der Waals surface area (Å²) < 4.78 is 5.66. The fourth-order valence-corrected chi connectivity index (χ4v) is 3.97. The second kappa shape index (κ2) is 10.4. The Morgan fingerprint density at radius 1 is 1.10 bits per heavy atom. The van der Waals surface area contributed by atoms with Crippen LogP contribution in [0.4, 0.5) is 0 Å². The average molecular weight is 433 g/mol. The maximum Gasteiger partial charge on any atom is 0.336 e. The van der Waals surface area contributed by atoms with Crippen LogP contribution in [-0.4, -0.2) is 32.9 Å². The summed E-state index contributed by atoms with van der Waals surface area (Å²) in [7, 11) is 0. The Hall–Kier alpha value is -2.64. The molecule has 2 rings (SSSR count). The minimum Gasteiger partial charge on any atom is -0.489 e. The van der Waals surface area contributed by atoms with E-state index in [0.29, 0.717) is 5.75 Å². The molecule has 0 spiro atoms. The molecule has 0 saturated carbocycles. The van der Waals surface area contributed by atoms with Crippen LogP contribution in [0.5, 0.6) is 5.75 Å². The van der Waals surface area contributed by atoms with E-state index in [4.69, 9.17) is 9.84 Å². The van der Waals surface area contributed by atoms with Crippen LogP contribution in [0, 0.1) is 0 Å². The quantitative estimate of drug-likeness (QED) is 0.436. The first kappa shape index (κ1) is 23.6. The smallest absolute Gasteiger partial charge is 0.336 e. The molecular weight excluding hydrogens is 404 g/mol. The molecule has 3 N–H and O–H groups in total. The van der Waals surface area contributed by atoms with Crippen LogP contribution >= 0.6 is 11.3 Å². The number of thiophene rings is 1. The van der Waals surface area contributed by atoms with Crippen molar-refractivity contribution in [2.24, 2.45) is 0 Å². The second-order valence-electron chi connectivity index (χ2n) is 7.28. The molecule has 1 aromatic heterocycles. The zero-order chi connectivity index (χ0) is 22.3. The first-order valence-electron chi connectivity index (χ1n) is 9.89. The summed E-state index contributed by atoms with van der Waals surface area (Å²) in [5.74, 6) is -2.30. The van der Waals surface area contributed by atoms with E-state index < -0.39 is 17.5 Å². The molecule has 0 fully saturated rings. The van der Waals surface area contributed by atoms with Crippen LogP contribution in [0.25, 0.3) is 5.57 Å². The zero-order valence-electron chi connectivity index (χ0n) is 17.5. The highest BCUT2D eigenvalue weighted by Gasteiger charge is 2.20. The van der Waals surface area contributed by atoms with Gasteiger partial charge in [0.15, 0.2) is 0 Å². The maximum absolute atomic E-state index is 11.3. The molecule has 0 amide bonds. The highest BCUT2D eigenvalue weighted by atomic mass is 32.1. The molecule has 0 aliphatic rings. The fourth-order valence-electron chi connectivity index (χ4n) is 3.06. The van der Waals surface area contributed by atoms with Crippen molar-refractivity contribution < 1.29 is 29.6 Å². The van der Waals surface area contributed by atoms with Gasteiger partial charge in [0.1, 0.15) is 12.4 Å². The van der Waals surface area contributed by atoms with Crippen LogP contribution in [0.3, 0.4) is 0 Å². The number of aliphatic hydroxyl groups is 1. The van der Waals surface area contributed by atoms with E-state index in [0.717, 1.165) is 41.7 Å². The number of hydrogen-bond donors (Lipinski definition) is 3. The van der Waals surface area contributed by atoms with E-state index >= 15 is 0 Å². The van der Waals surface area contributed by atoms with Gasteiger partial charge in [-0.25, -0.2) is 9.59 Å². The van der Waals surface area contributed by atoms with Gasteiger partial charge in [0.25, 0.3) is 0 Å². The van der Waals surface area contributed by atoms with Crippen molar-refractivity contribution in [1.29, 1.82) is 0 Å². The molecule has 0 saturated heterocycles. The van der Waals surface area contributed by atoms with Crippen molar-refractivity contribution in [3.05, 3.63) is 57.3 Å². The zero-order valence-corrected chi connectivity index (χ0v) is 18.3. The molecule has 6 nitrogen and oxygen atoms in total. The Morgan fingerprint density at radius 2 is 1.77 bits per heavy atom. The Labute approximate surface area is 180 Å².